The Kier molecular flexibility index (Phi) is 4.89. The first kappa shape index (κ1) is 15.8. The molecule has 1 N–H and O–H groups in total. The first-order chi connectivity index (χ1) is 9.94. The van der Waals surface area contributed by atoms with Crippen LogP contribution >= 0.6 is 0 Å². The fraction of sp³-hybridized carbons (Fsp3) is 0.538. The molecule has 0 amide bonds. The molecule has 0 spiro atoms. The maximum Gasteiger partial charge on any atom is 0.308 e. The van der Waals surface area contributed by atoms with Gasteiger partial charge in [-0.3, -0.25) is 4.79 Å². The first-order valence-electron chi connectivity index (χ1n) is 6.64. The van der Waals surface area contributed by atoms with Crippen molar-refractivity contribution in [2.75, 3.05) is 7.11 Å². The zero-order valence-corrected chi connectivity index (χ0v) is 12.4. The summed E-state index contributed by atoms with van der Waals surface area (Å²) < 4.78 is 44.8. The summed E-state index contributed by atoms with van der Waals surface area (Å²) in [4.78, 5) is 15.0. The number of hydrogen-bond donors (Lipinski definition) is 1. The van der Waals surface area contributed by atoms with E-state index in [0.717, 1.165) is 6.07 Å². The van der Waals surface area contributed by atoms with Crippen molar-refractivity contribution in [3.8, 4) is 0 Å². The second-order valence-corrected chi connectivity index (χ2v) is 6.61. The van der Waals surface area contributed by atoms with Crippen molar-refractivity contribution in [3.05, 3.63) is 24.1 Å². The average molecular weight is 316 g/mol. The number of ether oxygens (including phenoxy) is 1. The van der Waals surface area contributed by atoms with E-state index >= 15 is 0 Å². The van der Waals surface area contributed by atoms with Crippen LogP contribution in [-0.2, 0) is 19.6 Å². The van der Waals surface area contributed by atoms with Gasteiger partial charge in [0.05, 0.1) is 13.0 Å². The molecule has 0 saturated heterocycles. The molecule has 0 radical (unpaired) electrons. The van der Waals surface area contributed by atoms with Gasteiger partial charge >= 0.3 is 5.97 Å². The van der Waals surface area contributed by atoms with Crippen LogP contribution in [0.3, 0.4) is 0 Å². The molecular weight excluding hydrogens is 299 g/mol. The predicted molar refractivity (Wildman–Crippen MR) is 72.3 cm³/mol. The highest BCUT2D eigenvalue weighted by Gasteiger charge is 2.30. The molecule has 0 aliphatic heterocycles. The van der Waals surface area contributed by atoms with E-state index in [1.54, 1.807) is 0 Å². The number of carbonyl (C=O) groups excluding carboxylic acids is 1. The van der Waals surface area contributed by atoms with Crippen LogP contribution in [0.5, 0.6) is 0 Å². The Labute approximate surface area is 122 Å². The van der Waals surface area contributed by atoms with E-state index in [9.17, 15) is 17.6 Å². The molecule has 21 heavy (non-hydrogen) atoms. The molecule has 1 heterocycles. The van der Waals surface area contributed by atoms with Crippen LogP contribution in [0, 0.1) is 11.7 Å². The lowest BCUT2D eigenvalue weighted by Crippen LogP contribution is -2.39. The van der Waals surface area contributed by atoms with Crippen LogP contribution in [-0.4, -0.2) is 32.5 Å². The standard InChI is InChI=1S/C13H17FN2O4S/c1-20-13(17)9-4-6-10(7-5-9)16-21(18,19)12-11(14)3-2-8-15-12/h2-3,8-10,16H,4-7H2,1H3. The molecule has 0 bridgehead atoms. The van der Waals surface area contributed by atoms with Crippen LogP contribution in [0.1, 0.15) is 25.7 Å². The van der Waals surface area contributed by atoms with Crippen LogP contribution in [0.2, 0.25) is 0 Å². The molecule has 0 unspecified atom stereocenters. The molecule has 2 rings (SSSR count). The fourth-order valence-electron chi connectivity index (χ4n) is 2.46. The molecule has 1 aromatic rings. The van der Waals surface area contributed by atoms with Crippen molar-refractivity contribution in [2.45, 2.75) is 36.8 Å². The summed E-state index contributed by atoms with van der Waals surface area (Å²) in [6, 6.07) is 2.06. The molecule has 0 aromatic carbocycles. The van der Waals surface area contributed by atoms with Crippen LogP contribution in [0.4, 0.5) is 4.39 Å². The van der Waals surface area contributed by atoms with E-state index in [2.05, 4.69) is 14.4 Å². The smallest absolute Gasteiger partial charge is 0.308 e. The number of halogens is 1. The highest BCUT2D eigenvalue weighted by molar-refractivity contribution is 7.89. The minimum Gasteiger partial charge on any atom is -0.469 e. The third-order valence-electron chi connectivity index (χ3n) is 3.56. The predicted octanol–water partition coefficient (Wildman–Crippen LogP) is 1.23. The third kappa shape index (κ3) is 3.76. The van der Waals surface area contributed by atoms with Gasteiger partial charge in [-0.15, -0.1) is 0 Å². The maximum atomic E-state index is 13.5. The molecule has 1 aliphatic carbocycles. The number of aromatic nitrogens is 1. The van der Waals surface area contributed by atoms with Gasteiger partial charge < -0.3 is 4.74 Å². The number of pyridine rings is 1. The maximum absolute atomic E-state index is 13.5. The number of sulfonamides is 1. The molecule has 1 fully saturated rings. The molecule has 116 valence electrons. The zero-order chi connectivity index (χ0) is 15.5. The van der Waals surface area contributed by atoms with Gasteiger partial charge in [0.15, 0.2) is 5.82 Å². The molecule has 1 aromatic heterocycles. The second kappa shape index (κ2) is 6.48. The molecule has 8 heteroatoms. The number of esters is 1. The lowest BCUT2D eigenvalue weighted by Gasteiger charge is -2.27. The van der Waals surface area contributed by atoms with Gasteiger partial charge in [-0.1, -0.05) is 0 Å². The van der Waals surface area contributed by atoms with Gasteiger partial charge in [0.2, 0.25) is 5.03 Å². The van der Waals surface area contributed by atoms with E-state index in [1.165, 1.54) is 19.4 Å². The van der Waals surface area contributed by atoms with Gasteiger partial charge in [0.25, 0.3) is 10.0 Å². The molecule has 1 saturated carbocycles. The molecule has 6 nitrogen and oxygen atoms in total. The van der Waals surface area contributed by atoms with Crippen molar-refractivity contribution < 1.29 is 22.3 Å². The first-order valence-corrected chi connectivity index (χ1v) is 8.13. The van der Waals surface area contributed by atoms with Gasteiger partial charge in [-0.25, -0.2) is 22.5 Å². The van der Waals surface area contributed by atoms with Crippen LogP contribution in [0.25, 0.3) is 0 Å². The molecule has 0 atom stereocenters. The van der Waals surface area contributed by atoms with E-state index in [-0.39, 0.29) is 17.9 Å². The molecular formula is C13H17FN2O4S. The van der Waals surface area contributed by atoms with Gasteiger partial charge in [-0.2, -0.15) is 0 Å². The van der Waals surface area contributed by atoms with Gasteiger partial charge in [0, 0.05) is 12.2 Å². The Balaban J connectivity index is 2.00. The number of rotatable bonds is 4. The number of hydrogen-bond acceptors (Lipinski definition) is 5. The van der Waals surface area contributed by atoms with Crippen molar-refractivity contribution >= 4 is 16.0 Å². The van der Waals surface area contributed by atoms with Crippen molar-refractivity contribution in [2.24, 2.45) is 5.92 Å². The highest BCUT2D eigenvalue weighted by atomic mass is 32.2. The Hall–Kier alpha value is -1.54. The SMILES string of the molecule is COC(=O)C1CCC(NS(=O)(=O)c2ncccc2F)CC1. The van der Waals surface area contributed by atoms with Gasteiger partial charge in [0.1, 0.15) is 0 Å². The lowest BCUT2D eigenvalue weighted by molar-refractivity contribution is -0.146. The minimum atomic E-state index is -3.99. The van der Waals surface area contributed by atoms with Crippen molar-refractivity contribution in [1.82, 2.24) is 9.71 Å². The van der Waals surface area contributed by atoms with Crippen LogP contribution < -0.4 is 4.72 Å². The summed E-state index contributed by atoms with van der Waals surface area (Å²) in [5.74, 6) is -1.34. The summed E-state index contributed by atoms with van der Waals surface area (Å²) in [5.41, 5.74) is 0. The van der Waals surface area contributed by atoms with Crippen molar-refractivity contribution in [3.63, 3.8) is 0 Å². The Morgan fingerprint density at radius 2 is 2.05 bits per heavy atom. The zero-order valence-electron chi connectivity index (χ0n) is 11.6. The topological polar surface area (TPSA) is 85.4 Å². The average Bonchev–Trinajstić information content (AvgIpc) is 2.47. The lowest BCUT2D eigenvalue weighted by atomic mass is 9.86. The Morgan fingerprint density at radius 1 is 1.38 bits per heavy atom. The second-order valence-electron chi connectivity index (χ2n) is 4.98. The Bertz CT molecular complexity index is 612. The van der Waals surface area contributed by atoms with E-state index < -0.39 is 20.9 Å². The quantitative estimate of drug-likeness (QED) is 0.845. The fourth-order valence-corrected chi connectivity index (χ4v) is 3.77. The third-order valence-corrected chi connectivity index (χ3v) is 5.02. The summed E-state index contributed by atoms with van der Waals surface area (Å²) in [6.07, 6.45) is 3.34. The number of nitrogens with one attached hydrogen (secondary N) is 1. The van der Waals surface area contributed by atoms with E-state index in [0.29, 0.717) is 25.7 Å². The summed E-state index contributed by atoms with van der Waals surface area (Å²) in [7, 11) is -2.65. The Morgan fingerprint density at radius 3 is 2.62 bits per heavy atom. The normalized spacial score (nSPS) is 22.8. The van der Waals surface area contributed by atoms with E-state index in [1.807, 2.05) is 0 Å². The number of methoxy groups -OCH3 is 1. The molecule has 1 aliphatic rings. The summed E-state index contributed by atoms with van der Waals surface area (Å²) >= 11 is 0. The van der Waals surface area contributed by atoms with E-state index in [4.69, 9.17) is 0 Å². The van der Waals surface area contributed by atoms with Crippen molar-refractivity contribution in [1.29, 1.82) is 0 Å². The van der Waals surface area contributed by atoms with Gasteiger partial charge in [-0.05, 0) is 37.8 Å². The largest absolute Gasteiger partial charge is 0.469 e. The summed E-state index contributed by atoms with van der Waals surface area (Å²) in [6.45, 7) is 0. The highest BCUT2D eigenvalue weighted by Crippen LogP contribution is 2.26. The minimum absolute atomic E-state index is 0.192. The number of carbonyl (C=O) groups is 1. The van der Waals surface area contributed by atoms with Crippen LogP contribution in [0.15, 0.2) is 23.4 Å². The monoisotopic (exact) mass is 316 g/mol. The number of nitrogens with zero attached hydrogens (tertiary/aromatic N) is 1. The summed E-state index contributed by atoms with van der Waals surface area (Å²) in [5, 5.41) is -0.597.